The van der Waals surface area contributed by atoms with Crippen LogP contribution in [0.2, 0.25) is 5.02 Å². The summed E-state index contributed by atoms with van der Waals surface area (Å²) in [5.74, 6) is 0.707. The molecule has 2 aromatic carbocycles. The Bertz CT molecular complexity index is 873. The molecule has 5 nitrogen and oxygen atoms in total. The zero-order chi connectivity index (χ0) is 17.8. The van der Waals surface area contributed by atoms with Crippen LogP contribution >= 0.6 is 11.6 Å². The Balaban J connectivity index is 1.79. The standard InChI is InChI=1S/C19H16ClNO4/c1-12-16(19(22)25-21-12)9-13-6-7-17(18(10-13)23-2)24-11-14-4-3-5-15(20)8-14/h3-10H,11H2,1-2H3/b16-9+. The van der Waals surface area contributed by atoms with E-state index in [1.807, 2.05) is 30.3 Å². The predicted octanol–water partition coefficient (Wildman–Crippen LogP) is 4.24. The molecule has 128 valence electrons. The Labute approximate surface area is 150 Å². The van der Waals surface area contributed by atoms with Crippen molar-refractivity contribution in [1.82, 2.24) is 0 Å². The van der Waals surface area contributed by atoms with Gasteiger partial charge in [-0.2, -0.15) is 0 Å². The van der Waals surface area contributed by atoms with Gasteiger partial charge in [0.15, 0.2) is 11.5 Å². The molecule has 0 aliphatic carbocycles. The zero-order valence-electron chi connectivity index (χ0n) is 13.8. The largest absolute Gasteiger partial charge is 0.493 e. The lowest BCUT2D eigenvalue weighted by Crippen LogP contribution is -2.02. The lowest BCUT2D eigenvalue weighted by molar-refractivity contribution is -0.136. The fourth-order valence-corrected chi connectivity index (χ4v) is 2.58. The molecule has 0 saturated heterocycles. The van der Waals surface area contributed by atoms with Crippen LogP contribution in [0.1, 0.15) is 18.1 Å². The van der Waals surface area contributed by atoms with Crippen LogP contribution < -0.4 is 9.47 Å². The molecule has 0 fully saturated rings. The first-order chi connectivity index (χ1) is 12.1. The highest BCUT2D eigenvalue weighted by molar-refractivity contribution is 6.30. The Hall–Kier alpha value is -2.79. The highest BCUT2D eigenvalue weighted by Gasteiger charge is 2.21. The quantitative estimate of drug-likeness (QED) is 0.593. The van der Waals surface area contributed by atoms with Crippen LogP contribution in [0.25, 0.3) is 6.08 Å². The number of hydrogen-bond acceptors (Lipinski definition) is 5. The van der Waals surface area contributed by atoms with E-state index in [-0.39, 0.29) is 0 Å². The summed E-state index contributed by atoms with van der Waals surface area (Å²) in [6, 6.07) is 12.9. The van der Waals surface area contributed by atoms with Crippen LogP contribution in [0.3, 0.4) is 0 Å². The predicted molar refractivity (Wildman–Crippen MR) is 96.0 cm³/mol. The van der Waals surface area contributed by atoms with E-state index < -0.39 is 5.97 Å². The van der Waals surface area contributed by atoms with Gasteiger partial charge < -0.3 is 14.3 Å². The van der Waals surface area contributed by atoms with Gasteiger partial charge in [0.05, 0.1) is 18.4 Å². The summed E-state index contributed by atoms with van der Waals surface area (Å²) in [5.41, 5.74) is 2.72. The van der Waals surface area contributed by atoms with E-state index in [0.717, 1.165) is 11.1 Å². The smallest absolute Gasteiger partial charge is 0.367 e. The zero-order valence-corrected chi connectivity index (χ0v) is 14.5. The molecule has 0 unspecified atom stereocenters. The molecule has 0 saturated carbocycles. The number of methoxy groups -OCH3 is 1. The van der Waals surface area contributed by atoms with E-state index in [9.17, 15) is 4.79 Å². The summed E-state index contributed by atoms with van der Waals surface area (Å²) in [5, 5.41) is 4.32. The first-order valence-corrected chi connectivity index (χ1v) is 7.98. The second kappa shape index (κ2) is 7.40. The summed E-state index contributed by atoms with van der Waals surface area (Å²) in [4.78, 5) is 16.3. The van der Waals surface area contributed by atoms with E-state index in [4.69, 9.17) is 21.1 Å². The highest BCUT2D eigenvalue weighted by atomic mass is 35.5. The molecular formula is C19H16ClNO4. The van der Waals surface area contributed by atoms with Crippen LogP contribution in [-0.4, -0.2) is 18.8 Å². The minimum absolute atomic E-state index is 0.370. The van der Waals surface area contributed by atoms with Crippen LogP contribution in [0.15, 0.2) is 53.2 Å². The molecule has 1 aliphatic heterocycles. The van der Waals surface area contributed by atoms with Crippen molar-refractivity contribution in [2.75, 3.05) is 7.11 Å². The number of hydrogen-bond donors (Lipinski definition) is 0. The number of rotatable bonds is 5. The molecule has 1 aliphatic rings. The van der Waals surface area contributed by atoms with Crippen molar-refractivity contribution in [3.05, 3.63) is 64.2 Å². The number of halogens is 1. The molecule has 6 heteroatoms. The van der Waals surface area contributed by atoms with E-state index in [1.165, 1.54) is 0 Å². The Morgan fingerprint density at radius 1 is 1.20 bits per heavy atom. The number of oxime groups is 1. The van der Waals surface area contributed by atoms with Crippen molar-refractivity contribution >= 4 is 29.4 Å². The van der Waals surface area contributed by atoms with Gasteiger partial charge in [-0.15, -0.1) is 0 Å². The average Bonchev–Trinajstić information content (AvgIpc) is 2.92. The molecule has 0 radical (unpaired) electrons. The molecule has 0 N–H and O–H groups in total. The summed E-state index contributed by atoms with van der Waals surface area (Å²) in [6.07, 6.45) is 1.71. The molecule has 0 bridgehead atoms. The van der Waals surface area contributed by atoms with Crippen molar-refractivity contribution in [3.63, 3.8) is 0 Å². The third-order valence-corrected chi connectivity index (χ3v) is 3.89. The van der Waals surface area contributed by atoms with E-state index in [0.29, 0.717) is 34.4 Å². The highest BCUT2D eigenvalue weighted by Crippen LogP contribution is 2.30. The maximum Gasteiger partial charge on any atom is 0.367 e. The number of nitrogens with zero attached hydrogens (tertiary/aromatic N) is 1. The molecule has 1 heterocycles. The number of ether oxygens (including phenoxy) is 2. The van der Waals surface area contributed by atoms with Crippen molar-refractivity contribution < 1.29 is 19.1 Å². The number of carbonyl (C=O) groups excluding carboxylic acids is 1. The van der Waals surface area contributed by atoms with Gasteiger partial charge >= 0.3 is 5.97 Å². The molecule has 0 aromatic heterocycles. The van der Waals surface area contributed by atoms with Gasteiger partial charge in [0.25, 0.3) is 0 Å². The van der Waals surface area contributed by atoms with Crippen LogP contribution in [0, 0.1) is 0 Å². The maximum absolute atomic E-state index is 11.6. The summed E-state index contributed by atoms with van der Waals surface area (Å²) in [6.45, 7) is 2.09. The molecular weight excluding hydrogens is 342 g/mol. The van der Waals surface area contributed by atoms with Crippen LogP contribution in [0.5, 0.6) is 11.5 Å². The van der Waals surface area contributed by atoms with Crippen LogP contribution in [0.4, 0.5) is 0 Å². The van der Waals surface area contributed by atoms with Gasteiger partial charge in [-0.1, -0.05) is 35.0 Å². The molecule has 0 amide bonds. The molecule has 2 aromatic rings. The van der Waals surface area contributed by atoms with Gasteiger partial charge in [0.1, 0.15) is 6.61 Å². The van der Waals surface area contributed by atoms with Crippen molar-refractivity contribution in [1.29, 1.82) is 0 Å². The minimum Gasteiger partial charge on any atom is -0.493 e. The maximum atomic E-state index is 11.6. The number of carbonyl (C=O) groups is 1. The van der Waals surface area contributed by atoms with E-state index in [1.54, 1.807) is 32.2 Å². The SMILES string of the molecule is COc1cc(/C=C2/C(=O)ON=C2C)ccc1OCc1cccc(Cl)c1. The second-order valence-corrected chi connectivity index (χ2v) is 5.88. The van der Waals surface area contributed by atoms with Crippen molar-refractivity contribution in [2.45, 2.75) is 13.5 Å². The van der Waals surface area contributed by atoms with Gasteiger partial charge in [0.2, 0.25) is 0 Å². The van der Waals surface area contributed by atoms with Crippen molar-refractivity contribution in [2.24, 2.45) is 5.16 Å². The van der Waals surface area contributed by atoms with Crippen molar-refractivity contribution in [3.8, 4) is 11.5 Å². The Morgan fingerprint density at radius 2 is 2.04 bits per heavy atom. The molecule has 3 rings (SSSR count). The van der Waals surface area contributed by atoms with Crippen LogP contribution in [-0.2, 0) is 16.2 Å². The summed E-state index contributed by atoms with van der Waals surface area (Å²) in [7, 11) is 1.56. The van der Waals surface area contributed by atoms with Gasteiger partial charge in [0, 0.05) is 5.02 Å². The van der Waals surface area contributed by atoms with E-state index >= 15 is 0 Å². The first kappa shape index (κ1) is 17.0. The molecule has 25 heavy (non-hydrogen) atoms. The third-order valence-electron chi connectivity index (χ3n) is 3.66. The fourth-order valence-electron chi connectivity index (χ4n) is 2.37. The van der Waals surface area contributed by atoms with Gasteiger partial charge in [-0.05, 0) is 48.4 Å². The van der Waals surface area contributed by atoms with E-state index in [2.05, 4.69) is 9.99 Å². The first-order valence-electron chi connectivity index (χ1n) is 7.60. The van der Waals surface area contributed by atoms with Gasteiger partial charge in [-0.25, -0.2) is 4.79 Å². The summed E-state index contributed by atoms with van der Waals surface area (Å²) < 4.78 is 11.2. The fraction of sp³-hybridized carbons (Fsp3) is 0.158. The third kappa shape index (κ3) is 4.00. The summed E-state index contributed by atoms with van der Waals surface area (Å²) >= 11 is 5.98. The molecule has 0 spiro atoms. The van der Waals surface area contributed by atoms with Gasteiger partial charge in [-0.3, -0.25) is 0 Å². The average molecular weight is 358 g/mol. The monoisotopic (exact) mass is 357 g/mol. The number of benzene rings is 2. The second-order valence-electron chi connectivity index (χ2n) is 5.44. The Kier molecular flexibility index (Phi) is 5.05. The molecule has 0 atom stereocenters. The normalized spacial score (nSPS) is 15.1. The topological polar surface area (TPSA) is 57.1 Å². The lowest BCUT2D eigenvalue weighted by atomic mass is 10.1. The minimum atomic E-state index is -0.460. The lowest BCUT2D eigenvalue weighted by Gasteiger charge is -2.11. The Morgan fingerprint density at radius 3 is 2.72 bits per heavy atom.